The smallest absolute Gasteiger partial charge is 0.405 e. The maximum Gasteiger partial charge on any atom is 0.410 e. The van der Waals surface area contributed by atoms with Crippen LogP contribution in [0.15, 0.2) is 0 Å². The van der Waals surface area contributed by atoms with Crippen LogP contribution in [-0.2, 0) is 0 Å². The van der Waals surface area contributed by atoms with Crippen molar-refractivity contribution in [3.05, 3.63) is 5.69 Å². The number of carbonyl (C=O) groups is 1. The number of primary amides is 1. The lowest BCUT2D eigenvalue weighted by Crippen LogP contribution is -2.18. The number of carbonyl (C=O) groups excluding carboxylic acids is 1. The third-order valence-electron chi connectivity index (χ3n) is 3.63. The van der Waals surface area contributed by atoms with Gasteiger partial charge in [0.15, 0.2) is 11.6 Å². The van der Waals surface area contributed by atoms with E-state index in [4.69, 9.17) is 16.2 Å². The third-order valence-corrected chi connectivity index (χ3v) is 3.63. The maximum absolute atomic E-state index is 10.9. The van der Waals surface area contributed by atoms with E-state index >= 15 is 0 Å². The molecule has 0 radical (unpaired) electrons. The van der Waals surface area contributed by atoms with Crippen molar-refractivity contribution in [1.82, 2.24) is 9.78 Å². The molecule has 0 aliphatic rings. The molecule has 0 aliphatic carbocycles. The van der Waals surface area contributed by atoms with Crippen LogP contribution in [0.3, 0.4) is 0 Å². The van der Waals surface area contributed by atoms with Crippen molar-refractivity contribution in [2.45, 2.75) is 71.8 Å². The number of ether oxygens (including phenoxy) is 1. The molecular formula is C15H28N4O2. The fourth-order valence-corrected chi connectivity index (χ4v) is 2.58. The van der Waals surface area contributed by atoms with E-state index in [1.54, 1.807) is 11.6 Å². The first-order valence-electron chi connectivity index (χ1n) is 7.83. The summed E-state index contributed by atoms with van der Waals surface area (Å²) in [7, 11) is 0. The van der Waals surface area contributed by atoms with E-state index in [1.165, 1.54) is 19.3 Å². The molecule has 1 heterocycles. The summed E-state index contributed by atoms with van der Waals surface area (Å²) in [5, 5.41) is 4.44. The van der Waals surface area contributed by atoms with Gasteiger partial charge in [-0.1, -0.05) is 46.0 Å². The molecule has 1 unspecified atom stereocenters. The lowest BCUT2D eigenvalue weighted by molar-refractivity contribution is 0.210. The highest BCUT2D eigenvalue weighted by molar-refractivity contribution is 5.70. The Hall–Kier alpha value is -1.72. The summed E-state index contributed by atoms with van der Waals surface area (Å²) in [6.07, 6.45) is 7.09. The molecule has 0 aromatic carbocycles. The Kier molecular flexibility index (Phi) is 7.05. The molecule has 1 aromatic heterocycles. The highest BCUT2D eigenvalue weighted by Crippen LogP contribution is 2.32. The van der Waals surface area contributed by atoms with Gasteiger partial charge in [-0.05, 0) is 19.8 Å². The van der Waals surface area contributed by atoms with Crippen molar-refractivity contribution in [1.29, 1.82) is 0 Å². The van der Waals surface area contributed by atoms with Gasteiger partial charge in [0.25, 0.3) is 0 Å². The molecule has 1 amide bonds. The van der Waals surface area contributed by atoms with Gasteiger partial charge in [0.2, 0.25) is 0 Å². The minimum Gasteiger partial charge on any atom is -0.405 e. The van der Waals surface area contributed by atoms with Gasteiger partial charge in [0.1, 0.15) is 5.69 Å². The summed E-state index contributed by atoms with van der Waals surface area (Å²) in [4.78, 5) is 10.9. The van der Waals surface area contributed by atoms with Crippen molar-refractivity contribution in [2.75, 3.05) is 5.73 Å². The largest absolute Gasteiger partial charge is 0.410 e. The van der Waals surface area contributed by atoms with Gasteiger partial charge in [-0.25, -0.2) is 9.48 Å². The Balaban J connectivity index is 2.84. The first-order chi connectivity index (χ1) is 10.0. The van der Waals surface area contributed by atoms with Crippen LogP contribution in [0.5, 0.6) is 5.75 Å². The summed E-state index contributed by atoms with van der Waals surface area (Å²) < 4.78 is 6.75. The number of aryl methyl sites for hydroxylation is 1. The van der Waals surface area contributed by atoms with Crippen molar-refractivity contribution >= 4 is 11.9 Å². The van der Waals surface area contributed by atoms with E-state index in [-0.39, 0.29) is 11.8 Å². The van der Waals surface area contributed by atoms with Gasteiger partial charge in [0, 0.05) is 0 Å². The summed E-state index contributed by atoms with van der Waals surface area (Å²) in [6, 6.07) is 0.246. The molecule has 0 bridgehead atoms. The third kappa shape index (κ3) is 4.95. The van der Waals surface area contributed by atoms with Crippen molar-refractivity contribution in [3.63, 3.8) is 0 Å². The summed E-state index contributed by atoms with van der Waals surface area (Å²) >= 11 is 0. The fraction of sp³-hybridized carbons (Fsp3) is 0.733. The van der Waals surface area contributed by atoms with Crippen LogP contribution in [0.1, 0.15) is 70.5 Å². The zero-order chi connectivity index (χ0) is 15.8. The minimum atomic E-state index is -0.862. The Labute approximate surface area is 126 Å². The fourth-order valence-electron chi connectivity index (χ4n) is 2.58. The molecule has 120 valence electrons. The Morgan fingerprint density at radius 3 is 2.52 bits per heavy atom. The van der Waals surface area contributed by atoms with Crippen molar-refractivity contribution < 1.29 is 9.53 Å². The topological polar surface area (TPSA) is 96.2 Å². The second-order valence-electron chi connectivity index (χ2n) is 5.46. The number of amides is 1. The summed E-state index contributed by atoms with van der Waals surface area (Å²) in [5.74, 6) is 0.678. The number of nitrogens with zero attached hydrogens (tertiary/aromatic N) is 2. The van der Waals surface area contributed by atoms with Crippen molar-refractivity contribution in [2.24, 2.45) is 5.73 Å². The second kappa shape index (κ2) is 8.54. The highest BCUT2D eigenvalue weighted by Gasteiger charge is 2.21. The SMILES string of the molecule is CCCCCCC(CCC)n1nc(C)c(OC(N)=O)c1N. The second-order valence-corrected chi connectivity index (χ2v) is 5.46. The number of hydrogen-bond acceptors (Lipinski definition) is 4. The number of nitrogens with two attached hydrogens (primary N) is 2. The molecule has 4 N–H and O–H groups in total. The average Bonchev–Trinajstić information content (AvgIpc) is 2.70. The first-order valence-corrected chi connectivity index (χ1v) is 7.83. The lowest BCUT2D eigenvalue weighted by Gasteiger charge is -2.18. The van der Waals surface area contributed by atoms with Gasteiger partial charge >= 0.3 is 6.09 Å². The zero-order valence-electron chi connectivity index (χ0n) is 13.4. The Morgan fingerprint density at radius 1 is 1.24 bits per heavy atom. The van der Waals surface area contributed by atoms with Gasteiger partial charge in [0.05, 0.1) is 6.04 Å². The summed E-state index contributed by atoms with van der Waals surface area (Å²) in [6.45, 7) is 6.11. The van der Waals surface area contributed by atoms with E-state index in [2.05, 4.69) is 18.9 Å². The standard InChI is InChI=1S/C15H28N4O2/c1-4-6-7-8-10-12(9-5-2)19-14(16)13(11(3)18-19)21-15(17)20/h12H,4-10,16H2,1-3H3,(H2,17,20). The minimum absolute atomic E-state index is 0.246. The van der Waals surface area contributed by atoms with E-state index in [9.17, 15) is 4.79 Å². The van der Waals surface area contributed by atoms with Crippen LogP contribution in [-0.4, -0.2) is 15.9 Å². The van der Waals surface area contributed by atoms with E-state index in [0.717, 1.165) is 25.7 Å². The van der Waals surface area contributed by atoms with E-state index in [0.29, 0.717) is 11.5 Å². The zero-order valence-corrected chi connectivity index (χ0v) is 13.4. The van der Waals surface area contributed by atoms with Gasteiger partial charge < -0.3 is 16.2 Å². The Bertz CT molecular complexity index is 457. The predicted octanol–water partition coefficient (Wildman–Crippen LogP) is 3.54. The number of anilines is 1. The van der Waals surface area contributed by atoms with Gasteiger partial charge in [-0.15, -0.1) is 0 Å². The van der Waals surface area contributed by atoms with Crippen LogP contribution in [0, 0.1) is 6.92 Å². The molecule has 0 saturated heterocycles. The number of hydrogen-bond donors (Lipinski definition) is 2. The number of rotatable bonds is 9. The van der Waals surface area contributed by atoms with E-state index in [1.807, 2.05) is 0 Å². The first kappa shape index (κ1) is 17.3. The molecular weight excluding hydrogens is 268 g/mol. The molecule has 1 rings (SSSR count). The lowest BCUT2D eigenvalue weighted by atomic mass is 10.0. The van der Waals surface area contributed by atoms with Gasteiger partial charge in [-0.2, -0.15) is 5.10 Å². The van der Waals surface area contributed by atoms with Crippen LogP contribution < -0.4 is 16.2 Å². The van der Waals surface area contributed by atoms with Crippen molar-refractivity contribution in [3.8, 4) is 5.75 Å². The molecule has 0 aliphatic heterocycles. The molecule has 21 heavy (non-hydrogen) atoms. The molecule has 0 spiro atoms. The van der Waals surface area contributed by atoms with Crippen LogP contribution in [0.25, 0.3) is 0 Å². The molecule has 1 atom stereocenters. The number of nitrogen functional groups attached to an aromatic ring is 1. The molecule has 0 fully saturated rings. The molecule has 1 aromatic rings. The van der Waals surface area contributed by atoms with Crippen LogP contribution in [0.4, 0.5) is 10.6 Å². The van der Waals surface area contributed by atoms with E-state index < -0.39 is 6.09 Å². The average molecular weight is 296 g/mol. The van der Waals surface area contributed by atoms with Crippen LogP contribution in [0.2, 0.25) is 0 Å². The molecule has 6 heteroatoms. The molecule has 6 nitrogen and oxygen atoms in total. The number of aromatic nitrogens is 2. The number of unbranched alkanes of at least 4 members (excludes halogenated alkanes) is 3. The predicted molar refractivity (Wildman–Crippen MR) is 84.3 cm³/mol. The summed E-state index contributed by atoms with van der Waals surface area (Å²) in [5.41, 5.74) is 11.7. The highest BCUT2D eigenvalue weighted by atomic mass is 16.5. The maximum atomic E-state index is 10.9. The normalized spacial score (nSPS) is 12.3. The van der Waals surface area contributed by atoms with Gasteiger partial charge in [-0.3, -0.25) is 0 Å². The van der Waals surface area contributed by atoms with Crippen LogP contribution >= 0.6 is 0 Å². The monoisotopic (exact) mass is 296 g/mol. The Morgan fingerprint density at radius 2 is 1.95 bits per heavy atom. The molecule has 0 saturated carbocycles. The quantitative estimate of drug-likeness (QED) is 0.681.